The zero-order valence-corrected chi connectivity index (χ0v) is 14.3. The Morgan fingerprint density at radius 2 is 2.00 bits per heavy atom. The predicted octanol–water partition coefficient (Wildman–Crippen LogP) is 3.24. The zero-order chi connectivity index (χ0) is 17.6. The Balaban J connectivity index is 1.88. The van der Waals surface area contributed by atoms with E-state index in [-0.39, 0.29) is 5.91 Å². The van der Waals surface area contributed by atoms with Crippen molar-refractivity contribution in [2.45, 2.75) is 32.7 Å². The van der Waals surface area contributed by atoms with Gasteiger partial charge in [-0.3, -0.25) is 9.78 Å². The molecule has 0 spiro atoms. The third kappa shape index (κ3) is 4.09. The molecule has 0 radical (unpaired) electrons. The molecule has 3 rings (SSSR count). The van der Waals surface area contributed by atoms with Crippen molar-refractivity contribution in [2.75, 3.05) is 0 Å². The molecule has 6 nitrogen and oxygen atoms in total. The highest BCUT2D eigenvalue weighted by Crippen LogP contribution is 2.20. The predicted molar refractivity (Wildman–Crippen MR) is 93.0 cm³/mol. The Bertz CT molecular complexity index is 828. The molecule has 2 aromatic heterocycles. The molecule has 0 saturated carbocycles. The SMILES string of the molecule is CCCc1nc(C(NC(=O)c2ccc(C)nc2)c2ccccc2)no1. The van der Waals surface area contributed by atoms with Crippen molar-refractivity contribution in [3.8, 4) is 0 Å². The number of nitrogens with one attached hydrogen (secondary N) is 1. The number of rotatable bonds is 6. The highest BCUT2D eigenvalue weighted by Gasteiger charge is 2.23. The molecular weight excluding hydrogens is 316 g/mol. The first-order chi connectivity index (χ1) is 12.2. The van der Waals surface area contributed by atoms with Crippen LogP contribution in [0.4, 0.5) is 0 Å². The Labute approximate surface area is 146 Å². The van der Waals surface area contributed by atoms with Crippen molar-refractivity contribution in [1.82, 2.24) is 20.4 Å². The van der Waals surface area contributed by atoms with Crippen LogP contribution in [0.1, 0.15) is 52.7 Å². The first kappa shape index (κ1) is 16.8. The Hall–Kier alpha value is -3.02. The summed E-state index contributed by atoms with van der Waals surface area (Å²) in [6.45, 7) is 3.92. The Morgan fingerprint density at radius 1 is 1.20 bits per heavy atom. The van der Waals surface area contributed by atoms with Gasteiger partial charge in [-0.15, -0.1) is 0 Å². The molecule has 6 heteroatoms. The molecule has 1 unspecified atom stereocenters. The highest BCUT2D eigenvalue weighted by molar-refractivity contribution is 5.94. The molecule has 0 saturated heterocycles. The number of nitrogens with zero attached hydrogens (tertiary/aromatic N) is 3. The van der Waals surface area contributed by atoms with Crippen LogP contribution in [0.3, 0.4) is 0 Å². The molecular formula is C19H20N4O2. The van der Waals surface area contributed by atoms with Gasteiger partial charge < -0.3 is 9.84 Å². The zero-order valence-electron chi connectivity index (χ0n) is 14.3. The second-order valence-corrected chi connectivity index (χ2v) is 5.80. The fourth-order valence-electron chi connectivity index (χ4n) is 2.46. The molecule has 1 aromatic carbocycles. The van der Waals surface area contributed by atoms with Gasteiger partial charge in [-0.25, -0.2) is 0 Å². The van der Waals surface area contributed by atoms with Gasteiger partial charge in [0.05, 0.1) is 5.56 Å². The average molecular weight is 336 g/mol. The summed E-state index contributed by atoms with van der Waals surface area (Å²) in [6, 6.07) is 12.7. The van der Waals surface area contributed by atoms with Gasteiger partial charge >= 0.3 is 0 Å². The molecule has 0 bridgehead atoms. The maximum absolute atomic E-state index is 12.6. The van der Waals surface area contributed by atoms with E-state index in [2.05, 4.69) is 20.4 Å². The lowest BCUT2D eigenvalue weighted by molar-refractivity contribution is 0.0941. The first-order valence-corrected chi connectivity index (χ1v) is 8.28. The van der Waals surface area contributed by atoms with Crippen molar-refractivity contribution >= 4 is 5.91 Å². The van der Waals surface area contributed by atoms with Gasteiger partial charge in [0.2, 0.25) is 5.89 Å². The first-order valence-electron chi connectivity index (χ1n) is 8.28. The van der Waals surface area contributed by atoms with Gasteiger partial charge in [0.1, 0.15) is 6.04 Å². The van der Waals surface area contributed by atoms with E-state index in [0.29, 0.717) is 23.7 Å². The summed E-state index contributed by atoms with van der Waals surface area (Å²) in [5.74, 6) is 0.788. The van der Waals surface area contributed by atoms with Crippen LogP contribution in [0.5, 0.6) is 0 Å². The van der Waals surface area contributed by atoms with E-state index in [1.54, 1.807) is 18.3 Å². The number of hydrogen-bond acceptors (Lipinski definition) is 5. The third-order valence-corrected chi connectivity index (χ3v) is 3.79. The van der Waals surface area contributed by atoms with E-state index in [1.165, 1.54) is 0 Å². The molecule has 1 amide bonds. The topological polar surface area (TPSA) is 80.9 Å². The van der Waals surface area contributed by atoms with Crippen LogP contribution in [0.15, 0.2) is 53.2 Å². The van der Waals surface area contributed by atoms with Crippen molar-refractivity contribution < 1.29 is 9.32 Å². The van der Waals surface area contributed by atoms with Gasteiger partial charge in [0.25, 0.3) is 5.91 Å². The number of aromatic nitrogens is 3. The summed E-state index contributed by atoms with van der Waals surface area (Å²) in [5, 5.41) is 7.03. The lowest BCUT2D eigenvalue weighted by atomic mass is 10.1. The van der Waals surface area contributed by atoms with Gasteiger partial charge in [-0.05, 0) is 31.0 Å². The molecule has 2 heterocycles. The lowest BCUT2D eigenvalue weighted by Gasteiger charge is -2.16. The molecule has 1 N–H and O–H groups in total. The second kappa shape index (κ2) is 7.70. The normalized spacial score (nSPS) is 11.9. The summed E-state index contributed by atoms with van der Waals surface area (Å²) in [4.78, 5) is 21.2. The number of hydrogen-bond donors (Lipinski definition) is 1. The van der Waals surface area contributed by atoms with Crippen LogP contribution in [0, 0.1) is 6.92 Å². The minimum atomic E-state index is -0.482. The van der Waals surface area contributed by atoms with Gasteiger partial charge in [-0.2, -0.15) is 4.98 Å². The minimum absolute atomic E-state index is 0.233. The smallest absolute Gasteiger partial charge is 0.253 e. The largest absolute Gasteiger partial charge is 0.339 e. The summed E-state index contributed by atoms with van der Waals surface area (Å²) in [7, 11) is 0. The second-order valence-electron chi connectivity index (χ2n) is 5.80. The number of aryl methyl sites for hydroxylation is 2. The molecule has 0 aliphatic rings. The quantitative estimate of drug-likeness (QED) is 0.747. The molecule has 0 aliphatic heterocycles. The van der Waals surface area contributed by atoms with Crippen LogP contribution in [-0.4, -0.2) is 21.0 Å². The molecule has 25 heavy (non-hydrogen) atoms. The monoisotopic (exact) mass is 336 g/mol. The van der Waals surface area contributed by atoms with Crippen LogP contribution in [0.2, 0.25) is 0 Å². The molecule has 3 aromatic rings. The van der Waals surface area contributed by atoms with Crippen LogP contribution in [0.25, 0.3) is 0 Å². The maximum atomic E-state index is 12.6. The summed E-state index contributed by atoms with van der Waals surface area (Å²) in [6.07, 6.45) is 3.19. The van der Waals surface area contributed by atoms with E-state index in [4.69, 9.17) is 4.52 Å². The van der Waals surface area contributed by atoms with E-state index < -0.39 is 6.04 Å². The van der Waals surface area contributed by atoms with Crippen LogP contribution in [-0.2, 0) is 6.42 Å². The summed E-state index contributed by atoms with van der Waals surface area (Å²) < 4.78 is 5.29. The molecule has 1 atom stereocenters. The Kier molecular flexibility index (Phi) is 5.18. The van der Waals surface area contributed by atoms with Crippen molar-refractivity contribution in [3.63, 3.8) is 0 Å². The highest BCUT2D eigenvalue weighted by atomic mass is 16.5. The average Bonchev–Trinajstić information content (AvgIpc) is 3.09. The van der Waals surface area contributed by atoms with E-state index in [9.17, 15) is 4.79 Å². The maximum Gasteiger partial charge on any atom is 0.253 e. The molecule has 0 fully saturated rings. The summed E-state index contributed by atoms with van der Waals surface area (Å²) in [5.41, 5.74) is 2.24. The van der Waals surface area contributed by atoms with Crippen molar-refractivity contribution in [2.24, 2.45) is 0 Å². The fraction of sp³-hybridized carbons (Fsp3) is 0.263. The van der Waals surface area contributed by atoms with Crippen LogP contribution < -0.4 is 5.32 Å². The van der Waals surface area contributed by atoms with Crippen molar-refractivity contribution in [3.05, 3.63) is 77.2 Å². The number of amides is 1. The van der Waals surface area contributed by atoms with E-state index in [0.717, 1.165) is 17.7 Å². The van der Waals surface area contributed by atoms with Crippen LogP contribution >= 0.6 is 0 Å². The number of carbonyl (C=O) groups is 1. The van der Waals surface area contributed by atoms with Crippen molar-refractivity contribution in [1.29, 1.82) is 0 Å². The molecule has 128 valence electrons. The lowest BCUT2D eigenvalue weighted by Crippen LogP contribution is -2.30. The third-order valence-electron chi connectivity index (χ3n) is 3.79. The number of carbonyl (C=O) groups excluding carboxylic acids is 1. The van der Waals surface area contributed by atoms with Gasteiger partial charge in [0, 0.05) is 18.3 Å². The van der Waals surface area contributed by atoms with E-state index >= 15 is 0 Å². The standard InChI is InChI=1S/C19H20N4O2/c1-3-7-16-21-18(23-25-16)17(14-8-5-4-6-9-14)22-19(24)15-11-10-13(2)20-12-15/h4-6,8-12,17H,3,7H2,1-2H3,(H,22,24). The van der Waals surface area contributed by atoms with E-state index in [1.807, 2.05) is 44.2 Å². The molecule has 0 aliphatic carbocycles. The van der Waals surface area contributed by atoms with Gasteiger partial charge in [-0.1, -0.05) is 42.4 Å². The fourth-order valence-corrected chi connectivity index (χ4v) is 2.46. The number of pyridine rings is 1. The summed E-state index contributed by atoms with van der Waals surface area (Å²) >= 11 is 0. The Morgan fingerprint density at radius 3 is 2.68 bits per heavy atom. The number of benzene rings is 1. The van der Waals surface area contributed by atoms with Gasteiger partial charge in [0.15, 0.2) is 5.82 Å². The minimum Gasteiger partial charge on any atom is -0.339 e.